The normalized spacial score (nSPS) is 41.8. The Labute approximate surface area is 87.7 Å². The minimum absolute atomic E-state index is 0.665. The molecule has 3 rings (SSSR count). The lowest BCUT2D eigenvalue weighted by Crippen LogP contribution is -2.63. The van der Waals surface area contributed by atoms with Gasteiger partial charge in [-0.2, -0.15) is 0 Å². The zero-order valence-corrected chi connectivity index (χ0v) is 9.39. The summed E-state index contributed by atoms with van der Waals surface area (Å²) < 4.78 is 0. The van der Waals surface area contributed by atoms with Gasteiger partial charge in [0.05, 0.1) is 0 Å². The molecule has 0 radical (unpaired) electrons. The molecule has 2 unspecified atom stereocenters. The van der Waals surface area contributed by atoms with Crippen LogP contribution < -0.4 is 5.32 Å². The number of nitrogens with one attached hydrogen (secondary N) is 1. The Morgan fingerprint density at radius 1 is 1.07 bits per heavy atom. The number of hydrogen-bond donors (Lipinski definition) is 1. The third kappa shape index (κ3) is 1.25. The molecule has 1 heterocycles. The van der Waals surface area contributed by atoms with Crippen molar-refractivity contribution in [2.75, 3.05) is 6.54 Å². The molecule has 14 heavy (non-hydrogen) atoms. The van der Waals surface area contributed by atoms with Gasteiger partial charge in [0, 0.05) is 12.6 Å². The lowest BCUT2D eigenvalue weighted by atomic mass is 9.62. The Kier molecular flexibility index (Phi) is 2.12. The van der Waals surface area contributed by atoms with Crippen molar-refractivity contribution in [1.82, 2.24) is 5.32 Å². The van der Waals surface area contributed by atoms with Crippen molar-refractivity contribution in [1.29, 1.82) is 0 Å². The van der Waals surface area contributed by atoms with Gasteiger partial charge in [-0.3, -0.25) is 0 Å². The quantitative estimate of drug-likeness (QED) is 0.711. The van der Waals surface area contributed by atoms with Gasteiger partial charge in [0.15, 0.2) is 0 Å². The number of hydrogen-bond acceptors (Lipinski definition) is 1. The molecule has 1 saturated heterocycles. The highest BCUT2D eigenvalue weighted by molar-refractivity contribution is 5.04. The molecule has 1 aliphatic heterocycles. The minimum Gasteiger partial charge on any atom is -0.313 e. The van der Waals surface area contributed by atoms with Crippen LogP contribution in [0.2, 0.25) is 0 Å². The summed E-state index contributed by atoms with van der Waals surface area (Å²) in [4.78, 5) is 0. The maximum Gasteiger partial charge on any atom is 0.0164 e. The van der Waals surface area contributed by atoms with Gasteiger partial charge in [0.1, 0.15) is 0 Å². The van der Waals surface area contributed by atoms with Gasteiger partial charge in [-0.05, 0) is 30.1 Å². The van der Waals surface area contributed by atoms with Crippen molar-refractivity contribution in [3.63, 3.8) is 0 Å². The second-order valence-corrected chi connectivity index (χ2v) is 6.10. The van der Waals surface area contributed by atoms with E-state index in [1.807, 2.05) is 0 Å². The van der Waals surface area contributed by atoms with Crippen molar-refractivity contribution < 1.29 is 0 Å². The fourth-order valence-electron chi connectivity index (χ4n) is 3.94. The lowest BCUT2D eigenvalue weighted by Gasteiger charge is -2.53. The van der Waals surface area contributed by atoms with E-state index in [9.17, 15) is 0 Å². The highest BCUT2D eigenvalue weighted by Gasteiger charge is 2.48. The molecule has 3 fully saturated rings. The first-order valence-electron chi connectivity index (χ1n) is 6.53. The molecule has 0 amide bonds. The number of rotatable bonds is 2. The van der Waals surface area contributed by atoms with Gasteiger partial charge in [-0.25, -0.2) is 0 Å². The van der Waals surface area contributed by atoms with Crippen LogP contribution in [0.15, 0.2) is 0 Å². The van der Waals surface area contributed by atoms with Crippen LogP contribution in [0.25, 0.3) is 0 Å². The molecular weight excluding hydrogens is 170 g/mol. The topological polar surface area (TPSA) is 12.0 Å². The van der Waals surface area contributed by atoms with Crippen LogP contribution in [0.3, 0.4) is 0 Å². The van der Waals surface area contributed by atoms with E-state index in [-0.39, 0.29) is 0 Å². The Balaban J connectivity index is 1.66. The summed E-state index contributed by atoms with van der Waals surface area (Å²) in [5, 5.41) is 3.73. The van der Waals surface area contributed by atoms with E-state index in [1.54, 1.807) is 0 Å². The van der Waals surface area contributed by atoms with E-state index in [2.05, 4.69) is 12.2 Å². The van der Waals surface area contributed by atoms with Crippen LogP contribution >= 0.6 is 0 Å². The lowest BCUT2D eigenvalue weighted by molar-refractivity contribution is 0.0186. The second kappa shape index (κ2) is 3.23. The summed E-state index contributed by atoms with van der Waals surface area (Å²) in [6.45, 7) is 3.85. The summed E-state index contributed by atoms with van der Waals surface area (Å²) in [7, 11) is 0. The van der Waals surface area contributed by atoms with Gasteiger partial charge >= 0.3 is 0 Å². The van der Waals surface area contributed by atoms with Crippen molar-refractivity contribution >= 4 is 0 Å². The highest BCUT2D eigenvalue weighted by Crippen LogP contribution is 2.49. The van der Waals surface area contributed by atoms with Gasteiger partial charge in [0.25, 0.3) is 0 Å². The van der Waals surface area contributed by atoms with Crippen molar-refractivity contribution in [3.05, 3.63) is 0 Å². The Bertz CT molecular complexity index is 213. The summed E-state index contributed by atoms with van der Waals surface area (Å²) in [5.74, 6) is 2.14. The first-order chi connectivity index (χ1) is 6.80. The molecule has 0 aromatic carbocycles. The summed E-state index contributed by atoms with van der Waals surface area (Å²) in [6.07, 6.45) is 10.5. The molecule has 0 spiro atoms. The third-order valence-electron chi connectivity index (χ3n) is 5.25. The fraction of sp³-hybridized carbons (Fsp3) is 1.00. The molecular formula is C13H23N. The van der Waals surface area contributed by atoms with Gasteiger partial charge in [-0.1, -0.05) is 39.0 Å². The standard InChI is InChI=1S/C13H23N/c1-13(7-2-3-8-13)12-11(9-14-12)10-5-4-6-10/h10-12,14H,2-9H2,1H3. The summed E-state index contributed by atoms with van der Waals surface area (Å²) in [6, 6.07) is 0.885. The fourth-order valence-corrected chi connectivity index (χ4v) is 3.94. The predicted octanol–water partition coefficient (Wildman–Crippen LogP) is 2.95. The van der Waals surface area contributed by atoms with Crippen molar-refractivity contribution in [2.45, 2.75) is 57.9 Å². The van der Waals surface area contributed by atoms with Crippen LogP contribution in [0, 0.1) is 17.3 Å². The average molecular weight is 193 g/mol. The molecule has 1 N–H and O–H groups in total. The van der Waals surface area contributed by atoms with Crippen LogP contribution in [-0.4, -0.2) is 12.6 Å². The Hall–Kier alpha value is -0.0400. The van der Waals surface area contributed by atoms with Crippen LogP contribution in [0.1, 0.15) is 51.9 Å². The van der Waals surface area contributed by atoms with Crippen LogP contribution in [0.4, 0.5) is 0 Å². The molecule has 0 aromatic rings. The van der Waals surface area contributed by atoms with Crippen molar-refractivity contribution in [2.24, 2.45) is 17.3 Å². The summed E-state index contributed by atoms with van der Waals surface area (Å²) in [5.41, 5.74) is 0.665. The SMILES string of the molecule is CC1(C2NCC2C2CCC2)CCCC1. The van der Waals surface area contributed by atoms with E-state index in [1.165, 1.54) is 51.5 Å². The largest absolute Gasteiger partial charge is 0.313 e. The van der Waals surface area contributed by atoms with E-state index in [0.29, 0.717) is 5.41 Å². The first-order valence-corrected chi connectivity index (χ1v) is 6.53. The Morgan fingerprint density at radius 3 is 2.21 bits per heavy atom. The molecule has 2 aliphatic carbocycles. The molecule has 1 heteroatoms. The smallest absolute Gasteiger partial charge is 0.0164 e. The highest BCUT2D eigenvalue weighted by atomic mass is 15.0. The van der Waals surface area contributed by atoms with Crippen LogP contribution in [-0.2, 0) is 0 Å². The molecule has 3 aliphatic rings. The second-order valence-electron chi connectivity index (χ2n) is 6.10. The van der Waals surface area contributed by atoms with Crippen LogP contribution in [0.5, 0.6) is 0 Å². The zero-order chi connectivity index (χ0) is 9.60. The molecule has 0 aromatic heterocycles. The molecule has 2 saturated carbocycles. The van der Waals surface area contributed by atoms with E-state index in [0.717, 1.165) is 17.9 Å². The molecule has 0 bridgehead atoms. The maximum absolute atomic E-state index is 3.73. The van der Waals surface area contributed by atoms with Gasteiger partial charge in [-0.15, -0.1) is 0 Å². The molecule has 1 nitrogen and oxygen atoms in total. The minimum atomic E-state index is 0.665. The van der Waals surface area contributed by atoms with Crippen molar-refractivity contribution in [3.8, 4) is 0 Å². The monoisotopic (exact) mass is 193 g/mol. The summed E-state index contributed by atoms with van der Waals surface area (Å²) >= 11 is 0. The van der Waals surface area contributed by atoms with E-state index in [4.69, 9.17) is 0 Å². The van der Waals surface area contributed by atoms with Gasteiger partial charge in [0.2, 0.25) is 0 Å². The van der Waals surface area contributed by atoms with E-state index >= 15 is 0 Å². The van der Waals surface area contributed by atoms with Gasteiger partial charge < -0.3 is 5.32 Å². The van der Waals surface area contributed by atoms with E-state index < -0.39 is 0 Å². The molecule has 80 valence electrons. The average Bonchev–Trinajstić information content (AvgIpc) is 2.41. The first kappa shape index (κ1) is 9.21. The molecule has 2 atom stereocenters. The predicted molar refractivity (Wildman–Crippen MR) is 59.2 cm³/mol. The third-order valence-corrected chi connectivity index (χ3v) is 5.25. The maximum atomic E-state index is 3.73. The Morgan fingerprint density at radius 2 is 1.79 bits per heavy atom. The zero-order valence-electron chi connectivity index (χ0n) is 9.39.